The lowest BCUT2D eigenvalue weighted by Crippen LogP contribution is -2.32. The Balaban J connectivity index is 1.61. The van der Waals surface area contributed by atoms with Crippen molar-refractivity contribution in [3.05, 3.63) is 65.7 Å². The van der Waals surface area contributed by atoms with Crippen LogP contribution in [-0.2, 0) is 11.4 Å². The molecule has 0 saturated carbocycles. The largest absolute Gasteiger partial charge is 0.489 e. The summed E-state index contributed by atoms with van der Waals surface area (Å²) in [4.78, 5) is 13.3. The zero-order valence-electron chi connectivity index (χ0n) is 14.2. The molecule has 2 atom stereocenters. The molecule has 0 aliphatic carbocycles. The minimum absolute atomic E-state index is 0.0486. The third-order valence-corrected chi connectivity index (χ3v) is 4.75. The molecule has 5 heteroatoms. The highest BCUT2D eigenvalue weighted by molar-refractivity contribution is 5.70. The van der Waals surface area contributed by atoms with E-state index in [2.05, 4.69) is 4.90 Å². The molecule has 1 fully saturated rings. The number of benzene rings is 2. The van der Waals surface area contributed by atoms with Crippen molar-refractivity contribution >= 4 is 5.97 Å². The first-order valence-electron chi connectivity index (χ1n) is 8.61. The molecule has 0 bridgehead atoms. The van der Waals surface area contributed by atoms with Gasteiger partial charge < -0.3 is 15.6 Å². The van der Waals surface area contributed by atoms with Gasteiger partial charge in [-0.05, 0) is 36.2 Å². The SMILES string of the molecule is NC[C@@H](c1ccc(OCc2ccccc2)cc1)N1CC[C@H](C(=O)O)C1. The van der Waals surface area contributed by atoms with Crippen LogP contribution in [0.1, 0.15) is 23.6 Å². The third kappa shape index (κ3) is 4.38. The predicted molar refractivity (Wildman–Crippen MR) is 96.3 cm³/mol. The topological polar surface area (TPSA) is 75.8 Å². The number of nitrogens with two attached hydrogens (primary N) is 1. The molecule has 1 saturated heterocycles. The van der Waals surface area contributed by atoms with Gasteiger partial charge in [-0.15, -0.1) is 0 Å². The standard InChI is InChI=1S/C20H24N2O3/c21-12-19(22-11-10-17(13-22)20(23)24)16-6-8-18(9-7-16)25-14-15-4-2-1-3-5-15/h1-9,17,19H,10-14,21H2,(H,23,24)/t17-,19-/m0/s1. The lowest BCUT2D eigenvalue weighted by Gasteiger charge is -2.27. The Bertz CT molecular complexity index is 688. The van der Waals surface area contributed by atoms with Crippen LogP contribution >= 0.6 is 0 Å². The van der Waals surface area contributed by atoms with Crippen molar-refractivity contribution in [1.82, 2.24) is 4.90 Å². The lowest BCUT2D eigenvalue weighted by molar-refractivity contribution is -0.141. The lowest BCUT2D eigenvalue weighted by atomic mass is 10.1. The van der Waals surface area contributed by atoms with E-state index in [0.717, 1.165) is 23.4 Å². The van der Waals surface area contributed by atoms with Gasteiger partial charge in [0.05, 0.1) is 5.92 Å². The number of hydrogen-bond donors (Lipinski definition) is 2. The van der Waals surface area contributed by atoms with Crippen LogP contribution < -0.4 is 10.5 Å². The monoisotopic (exact) mass is 340 g/mol. The van der Waals surface area contributed by atoms with Crippen LogP contribution in [0, 0.1) is 5.92 Å². The highest BCUT2D eigenvalue weighted by Gasteiger charge is 2.32. The summed E-state index contributed by atoms with van der Waals surface area (Å²) in [5.74, 6) is -0.196. The van der Waals surface area contributed by atoms with Gasteiger partial charge in [0.25, 0.3) is 0 Å². The predicted octanol–water partition coefficient (Wildman–Crippen LogP) is 2.67. The van der Waals surface area contributed by atoms with Gasteiger partial charge in [0.1, 0.15) is 12.4 Å². The van der Waals surface area contributed by atoms with E-state index in [4.69, 9.17) is 10.5 Å². The smallest absolute Gasteiger partial charge is 0.307 e. The van der Waals surface area contributed by atoms with Gasteiger partial charge in [-0.3, -0.25) is 9.69 Å². The van der Waals surface area contributed by atoms with E-state index < -0.39 is 5.97 Å². The first kappa shape index (κ1) is 17.5. The second-order valence-electron chi connectivity index (χ2n) is 6.41. The Kier molecular flexibility index (Phi) is 5.68. The summed E-state index contributed by atoms with van der Waals surface area (Å²) >= 11 is 0. The van der Waals surface area contributed by atoms with Crippen LogP contribution in [0.25, 0.3) is 0 Å². The van der Waals surface area contributed by atoms with Gasteiger partial charge in [0.2, 0.25) is 0 Å². The highest BCUT2D eigenvalue weighted by Crippen LogP contribution is 2.28. The molecule has 0 spiro atoms. The average molecular weight is 340 g/mol. The Morgan fingerprint density at radius 3 is 2.52 bits per heavy atom. The van der Waals surface area contributed by atoms with Crippen molar-refractivity contribution in [2.45, 2.75) is 19.1 Å². The fraction of sp³-hybridized carbons (Fsp3) is 0.350. The second kappa shape index (κ2) is 8.14. The van der Waals surface area contributed by atoms with E-state index in [1.807, 2.05) is 54.6 Å². The minimum Gasteiger partial charge on any atom is -0.489 e. The van der Waals surface area contributed by atoms with Crippen LogP contribution in [0.3, 0.4) is 0 Å². The zero-order chi connectivity index (χ0) is 17.6. The number of rotatable bonds is 7. The number of ether oxygens (including phenoxy) is 1. The first-order valence-corrected chi connectivity index (χ1v) is 8.61. The number of carboxylic acids is 1. The van der Waals surface area contributed by atoms with Crippen molar-refractivity contribution in [2.75, 3.05) is 19.6 Å². The van der Waals surface area contributed by atoms with Gasteiger partial charge in [0, 0.05) is 19.1 Å². The van der Waals surface area contributed by atoms with Gasteiger partial charge in [-0.2, -0.15) is 0 Å². The Labute approximate surface area is 148 Å². The third-order valence-electron chi connectivity index (χ3n) is 4.75. The molecule has 5 nitrogen and oxygen atoms in total. The maximum absolute atomic E-state index is 11.2. The molecule has 1 aliphatic heterocycles. The number of carboxylic acid groups (broad SMARTS) is 1. The Morgan fingerprint density at radius 1 is 1.20 bits per heavy atom. The summed E-state index contributed by atoms with van der Waals surface area (Å²) in [6.07, 6.45) is 0.685. The first-order chi connectivity index (χ1) is 12.2. The average Bonchev–Trinajstić information content (AvgIpc) is 3.13. The summed E-state index contributed by atoms with van der Waals surface area (Å²) in [6.45, 7) is 2.33. The number of likely N-dealkylation sites (tertiary alicyclic amines) is 1. The fourth-order valence-electron chi connectivity index (χ4n) is 3.30. The molecular formula is C20H24N2O3. The van der Waals surface area contributed by atoms with E-state index in [1.165, 1.54) is 0 Å². The minimum atomic E-state index is -0.720. The van der Waals surface area contributed by atoms with Crippen molar-refractivity contribution in [1.29, 1.82) is 0 Å². The molecule has 1 aliphatic rings. The fourth-order valence-corrected chi connectivity index (χ4v) is 3.30. The molecule has 0 radical (unpaired) electrons. The zero-order valence-corrected chi connectivity index (χ0v) is 14.2. The number of hydrogen-bond acceptors (Lipinski definition) is 4. The molecule has 0 unspecified atom stereocenters. The number of carbonyl (C=O) groups is 1. The van der Waals surface area contributed by atoms with E-state index >= 15 is 0 Å². The maximum atomic E-state index is 11.2. The molecule has 132 valence electrons. The van der Waals surface area contributed by atoms with E-state index in [9.17, 15) is 9.90 Å². The normalized spacial score (nSPS) is 18.8. The highest BCUT2D eigenvalue weighted by atomic mass is 16.5. The molecule has 3 rings (SSSR count). The van der Waals surface area contributed by atoms with Gasteiger partial charge in [-0.1, -0.05) is 42.5 Å². The van der Waals surface area contributed by atoms with E-state index in [-0.39, 0.29) is 12.0 Å². The van der Waals surface area contributed by atoms with Gasteiger partial charge in [0.15, 0.2) is 0 Å². The quantitative estimate of drug-likeness (QED) is 0.810. The maximum Gasteiger partial charge on any atom is 0.307 e. The van der Waals surface area contributed by atoms with Crippen LogP contribution in [0.4, 0.5) is 0 Å². The van der Waals surface area contributed by atoms with Crippen molar-refractivity contribution in [3.8, 4) is 5.75 Å². The van der Waals surface area contributed by atoms with Gasteiger partial charge >= 0.3 is 5.97 Å². The Morgan fingerprint density at radius 2 is 1.92 bits per heavy atom. The van der Waals surface area contributed by atoms with Crippen LogP contribution in [0.2, 0.25) is 0 Å². The summed E-state index contributed by atoms with van der Waals surface area (Å²) < 4.78 is 5.81. The van der Waals surface area contributed by atoms with E-state index in [1.54, 1.807) is 0 Å². The summed E-state index contributed by atoms with van der Waals surface area (Å²) in [6, 6.07) is 18.0. The Hall–Kier alpha value is -2.37. The molecule has 1 heterocycles. The van der Waals surface area contributed by atoms with Crippen LogP contribution in [-0.4, -0.2) is 35.6 Å². The molecule has 3 N–H and O–H groups in total. The summed E-state index contributed by atoms with van der Waals surface area (Å²) in [5.41, 5.74) is 8.18. The summed E-state index contributed by atoms with van der Waals surface area (Å²) in [5, 5.41) is 9.17. The second-order valence-corrected chi connectivity index (χ2v) is 6.41. The molecular weight excluding hydrogens is 316 g/mol. The van der Waals surface area contributed by atoms with Crippen molar-refractivity contribution in [3.63, 3.8) is 0 Å². The number of nitrogens with zero attached hydrogens (tertiary/aromatic N) is 1. The molecule has 2 aromatic carbocycles. The number of aliphatic carboxylic acids is 1. The summed E-state index contributed by atoms with van der Waals surface area (Å²) in [7, 11) is 0. The molecule has 0 amide bonds. The molecule has 2 aromatic rings. The van der Waals surface area contributed by atoms with Crippen molar-refractivity contribution in [2.24, 2.45) is 11.7 Å². The van der Waals surface area contributed by atoms with Gasteiger partial charge in [-0.25, -0.2) is 0 Å². The van der Waals surface area contributed by atoms with Crippen LogP contribution in [0.5, 0.6) is 5.75 Å². The van der Waals surface area contributed by atoms with Crippen LogP contribution in [0.15, 0.2) is 54.6 Å². The molecule has 0 aromatic heterocycles. The van der Waals surface area contributed by atoms with E-state index in [0.29, 0.717) is 26.1 Å². The van der Waals surface area contributed by atoms with Crippen molar-refractivity contribution < 1.29 is 14.6 Å². The molecule has 25 heavy (non-hydrogen) atoms.